The Morgan fingerprint density at radius 1 is 1.64 bits per heavy atom. The monoisotopic (exact) mass is 156 g/mol. The van der Waals surface area contributed by atoms with E-state index < -0.39 is 5.54 Å². The zero-order chi connectivity index (χ0) is 8.91. The molecule has 0 aliphatic carbocycles. The van der Waals surface area contributed by atoms with Gasteiger partial charge >= 0.3 is 0 Å². The molecule has 11 heavy (non-hydrogen) atoms. The molecule has 1 atom stereocenters. The number of nitriles is 1. The molecule has 0 fully saturated rings. The van der Waals surface area contributed by atoms with E-state index in [4.69, 9.17) is 10.00 Å². The Morgan fingerprint density at radius 3 is 2.27 bits per heavy atom. The third-order valence-corrected chi connectivity index (χ3v) is 2.00. The first-order chi connectivity index (χ1) is 5.13. The van der Waals surface area contributed by atoms with Crippen molar-refractivity contribution in [3.8, 4) is 6.07 Å². The number of hydrogen-bond acceptors (Lipinski definition) is 3. The van der Waals surface area contributed by atoms with Crippen molar-refractivity contribution in [2.45, 2.75) is 19.4 Å². The fourth-order valence-electron chi connectivity index (χ4n) is 0.972. The second kappa shape index (κ2) is 4.32. The van der Waals surface area contributed by atoms with Crippen LogP contribution < -0.4 is 5.32 Å². The van der Waals surface area contributed by atoms with Crippen molar-refractivity contribution in [2.24, 2.45) is 5.92 Å². The molecule has 0 aromatic heterocycles. The number of ether oxygens (including phenoxy) is 1. The molecule has 0 bridgehead atoms. The number of hydrogen-bond donors (Lipinski definition) is 1. The molecule has 3 nitrogen and oxygen atoms in total. The van der Waals surface area contributed by atoms with Gasteiger partial charge in [0.15, 0.2) is 0 Å². The van der Waals surface area contributed by atoms with Crippen LogP contribution in [0.5, 0.6) is 0 Å². The summed E-state index contributed by atoms with van der Waals surface area (Å²) in [6.07, 6.45) is 0. The quantitative estimate of drug-likeness (QED) is 0.654. The zero-order valence-corrected chi connectivity index (χ0v) is 7.64. The van der Waals surface area contributed by atoms with Gasteiger partial charge in [0.25, 0.3) is 0 Å². The molecule has 1 unspecified atom stereocenters. The molecular weight excluding hydrogens is 140 g/mol. The first-order valence-corrected chi connectivity index (χ1v) is 3.72. The molecule has 0 saturated heterocycles. The second-order valence-corrected chi connectivity index (χ2v) is 2.92. The lowest BCUT2D eigenvalue weighted by molar-refractivity contribution is 0.117. The molecule has 0 aliphatic rings. The summed E-state index contributed by atoms with van der Waals surface area (Å²) in [7, 11) is 3.38. The van der Waals surface area contributed by atoms with Crippen LogP contribution in [-0.2, 0) is 4.74 Å². The van der Waals surface area contributed by atoms with Crippen LogP contribution in [0.15, 0.2) is 0 Å². The minimum Gasteiger partial charge on any atom is -0.382 e. The van der Waals surface area contributed by atoms with Crippen molar-refractivity contribution in [2.75, 3.05) is 20.8 Å². The maximum Gasteiger partial charge on any atom is 0.132 e. The Bertz CT molecular complexity index is 151. The van der Waals surface area contributed by atoms with Crippen molar-refractivity contribution >= 4 is 0 Å². The van der Waals surface area contributed by atoms with Crippen molar-refractivity contribution in [3.05, 3.63) is 0 Å². The van der Waals surface area contributed by atoms with Gasteiger partial charge < -0.3 is 10.1 Å². The molecule has 64 valence electrons. The molecule has 0 spiro atoms. The normalized spacial score (nSPS) is 16.0. The van der Waals surface area contributed by atoms with Crippen molar-refractivity contribution < 1.29 is 4.74 Å². The number of nitrogens with one attached hydrogen (secondary N) is 1. The summed E-state index contributed by atoms with van der Waals surface area (Å²) in [4.78, 5) is 0. The van der Waals surface area contributed by atoms with Gasteiger partial charge in [0.2, 0.25) is 0 Å². The number of methoxy groups -OCH3 is 1. The third kappa shape index (κ3) is 2.18. The summed E-state index contributed by atoms with van der Waals surface area (Å²) >= 11 is 0. The highest BCUT2D eigenvalue weighted by molar-refractivity contribution is 5.08. The molecule has 0 heterocycles. The van der Waals surface area contributed by atoms with E-state index in [-0.39, 0.29) is 5.92 Å². The van der Waals surface area contributed by atoms with Crippen LogP contribution in [0.2, 0.25) is 0 Å². The van der Waals surface area contributed by atoms with E-state index in [0.717, 1.165) is 0 Å². The minimum absolute atomic E-state index is 0.248. The van der Waals surface area contributed by atoms with E-state index in [1.54, 1.807) is 14.2 Å². The first kappa shape index (κ1) is 10.4. The topological polar surface area (TPSA) is 45.0 Å². The lowest BCUT2D eigenvalue weighted by Gasteiger charge is -2.29. The lowest BCUT2D eigenvalue weighted by atomic mass is 9.89. The molecule has 0 amide bonds. The molecular formula is C8H16N2O. The molecule has 0 rings (SSSR count). The summed E-state index contributed by atoms with van der Waals surface area (Å²) in [5, 5.41) is 11.9. The van der Waals surface area contributed by atoms with E-state index >= 15 is 0 Å². The molecule has 0 aromatic carbocycles. The minimum atomic E-state index is -0.533. The van der Waals surface area contributed by atoms with Gasteiger partial charge in [-0.3, -0.25) is 0 Å². The summed E-state index contributed by atoms with van der Waals surface area (Å²) in [6, 6.07) is 2.23. The molecule has 0 aromatic rings. The van der Waals surface area contributed by atoms with Crippen LogP contribution in [0, 0.1) is 17.2 Å². The highest BCUT2D eigenvalue weighted by atomic mass is 16.5. The summed E-state index contributed by atoms with van der Waals surface area (Å²) < 4.78 is 4.97. The van der Waals surface area contributed by atoms with Crippen molar-refractivity contribution in [3.63, 3.8) is 0 Å². The highest BCUT2D eigenvalue weighted by Crippen LogP contribution is 2.15. The van der Waals surface area contributed by atoms with Gasteiger partial charge in [0.05, 0.1) is 12.7 Å². The summed E-state index contributed by atoms with van der Waals surface area (Å²) in [5.41, 5.74) is -0.533. The average molecular weight is 156 g/mol. The maximum absolute atomic E-state index is 8.89. The Labute approximate surface area is 68.3 Å². The molecule has 1 N–H and O–H groups in total. The lowest BCUT2D eigenvalue weighted by Crippen LogP contribution is -2.50. The summed E-state index contributed by atoms with van der Waals surface area (Å²) in [5.74, 6) is 0.248. The van der Waals surface area contributed by atoms with Gasteiger partial charge in [0, 0.05) is 7.11 Å². The van der Waals surface area contributed by atoms with E-state index in [1.165, 1.54) is 0 Å². The van der Waals surface area contributed by atoms with Crippen molar-refractivity contribution in [1.29, 1.82) is 5.26 Å². The van der Waals surface area contributed by atoms with Gasteiger partial charge in [-0.15, -0.1) is 0 Å². The van der Waals surface area contributed by atoms with Crippen LogP contribution >= 0.6 is 0 Å². The van der Waals surface area contributed by atoms with Gasteiger partial charge in [-0.2, -0.15) is 5.26 Å². The van der Waals surface area contributed by atoms with Crippen LogP contribution in [0.4, 0.5) is 0 Å². The smallest absolute Gasteiger partial charge is 0.132 e. The Hall–Kier alpha value is -0.590. The largest absolute Gasteiger partial charge is 0.382 e. The van der Waals surface area contributed by atoms with E-state index in [1.807, 2.05) is 13.8 Å². The fourth-order valence-corrected chi connectivity index (χ4v) is 0.972. The fraction of sp³-hybridized carbons (Fsp3) is 0.875. The molecule has 0 aliphatic heterocycles. The van der Waals surface area contributed by atoms with E-state index in [0.29, 0.717) is 6.61 Å². The van der Waals surface area contributed by atoms with E-state index in [2.05, 4.69) is 11.4 Å². The second-order valence-electron chi connectivity index (χ2n) is 2.92. The van der Waals surface area contributed by atoms with Crippen LogP contribution in [0.25, 0.3) is 0 Å². The van der Waals surface area contributed by atoms with Gasteiger partial charge in [-0.25, -0.2) is 0 Å². The van der Waals surface area contributed by atoms with Gasteiger partial charge in [-0.1, -0.05) is 13.8 Å². The van der Waals surface area contributed by atoms with Crippen molar-refractivity contribution in [1.82, 2.24) is 5.32 Å². The molecule has 0 saturated carbocycles. The highest BCUT2D eigenvalue weighted by Gasteiger charge is 2.31. The third-order valence-electron chi connectivity index (χ3n) is 2.00. The standard InChI is InChI=1S/C8H16N2O/c1-7(2)8(5-9,10-3)6-11-4/h7,10H,6H2,1-4H3. The Kier molecular flexibility index (Phi) is 4.09. The zero-order valence-electron chi connectivity index (χ0n) is 7.64. The maximum atomic E-state index is 8.89. The van der Waals surface area contributed by atoms with Crippen LogP contribution in [0.3, 0.4) is 0 Å². The predicted molar refractivity (Wildman–Crippen MR) is 44.1 cm³/mol. The Morgan fingerprint density at radius 2 is 2.18 bits per heavy atom. The summed E-state index contributed by atoms with van der Waals surface area (Å²) in [6.45, 7) is 4.43. The van der Waals surface area contributed by atoms with Crippen LogP contribution in [-0.4, -0.2) is 26.3 Å². The van der Waals surface area contributed by atoms with E-state index in [9.17, 15) is 0 Å². The van der Waals surface area contributed by atoms with Crippen LogP contribution in [0.1, 0.15) is 13.8 Å². The van der Waals surface area contributed by atoms with Gasteiger partial charge in [-0.05, 0) is 13.0 Å². The van der Waals surface area contributed by atoms with Gasteiger partial charge in [0.1, 0.15) is 5.54 Å². The molecule has 3 heteroatoms. The average Bonchev–Trinajstić information content (AvgIpc) is 2.00. The predicted octanol–water partition coefficient (Wildman–Crippen LogP) is 0.771. The number of likely N-dealkylation sites (N-methyl/N-ethyl adjacent to an activating group) is 1. The first-order valence-electron chi connectivity index (χ1n) is 3.72. The Balaban J connectivity index is 4.36. The number of nitrogens with zero attached hydrogens (tertiary/aromatic N) is 1. The molecule has 0 radical (unpaired) electrons. The number of rotatable bonds is 4. The SMILES string of the molecule is CNC(C#N)(COC)C(C)C.